The van der Waals surface area contributed by atoms with E-state index in [4.69, 9.17) is 4.74 Å². The van der Waals surface area contributed by atoms with Crippen LogP contribution in [0.15, 0.2) is 36.4 Å². The lowest BCUT2D eigenvalue weighted by atomic mass is 9.93. The minimum atomic E-state index is -1.02. The highest BCUT2D eigenvalue weighted by atomic mass is 19.1. The molecule has 0 aromatic heterocycles. The van der Waals surface area contributed by atoms with E-state index in [2.05, 4.69) is 5.32 Å². The van der Waals surface area contributed by atoms with Crippen molar-refractivity contribution in [2.45, 2.75) is 39.2 Å². The van der Waals surface area contributed by atoms with Crippen LogP contribution in [-0.4, -0.2) is 47.8 Å². The fourth-order valence-electron chi connectivity index (χ4n) is 3.61. The smallest absolute Gasteiger partial charge is 0.238 e. The summed E-state index contributed by atoms with van der Waals surface area (Å²) in [6.07, 6.45) is 1.38. The number of hydrogen-bond acceptors (Lipinski definition) is 4. The van der Waals surface area contributed by atoms with Gasteiger partial charge in [0.05, 0.1) is 12.2 Å². The first-order valence-corrected chi connectivity index (χ1v) is 9.95. The lowest BCUT2D eigenvalue weighted by Crippen LogP contribution is -2.53. The van der Waals surface area contributed by atoms with E-state index in [1.165, 1.54) is 11.6 Å². The summed E-state index contributed by atoms with van der Waals surface area (Å²) in [4.78, 5) is 14.3. The first-order valence-electron chi connectivity index (χ1n) is 9.95. The van der Waals surface area contributed by atoms with Gasteiger partial charge in [-0.25, -0.2) is 4.39 Å². The van der Waals surface area contributed by atoms with Crippen LogP contribution in [0.1, 0.15) is 29.5 Å². The molecule has 6 heteroatoms. The molecule has 1 fully saturated rings. The second-order valence-corrected chi connectivity index (χ2v) is 8.10. The van der Waals surface area contributed by atoms with E-state index in [1.54, 1.807) is 12.1 Å². The lowest BCUT2D eigenvalue weighted by molar-refractivity contribution is -0.119. The van der Waals surface area contributed by atoms with E-state index in [1.807, 2.05) is 43.9 Å². The van der Waals surface area contributed by atoms with E-state index < -0.39 is 11.4 Å². The Labute approximate surface area is 171 Å². The Morgan fingerprint density at radius 3 is 2.76 bits per heavy atom. The zero-order chi connectivity index (χ0) is 21.0. The van der Waals surface area contributed by atoms with Gasteiger partial charge >= 0.3 is 0 Å². The van der Waals surface area contributed by atoms with Crippen LogP contribution in [0.25, 0.3) is 0 Å². The van der Waals surface area contributed by atoms with Gasteiger partial charge in [-0.15, -0.1) is 0 Å². The number of aliphatic hydroxyl groups is 1. The molecule has 156 valence electrons. The Bertz CT molecular complexity index is 886. The zero-order valence-electron chi connectivity index (χ0n) is 17.3. The molecule has 0 spiro atoms. The van der Waals surface area contributed by atoms with Gasteiger partial charge in [-0.2, -0.15) is 0 Å². The van der Waals surface area contributed by atoms with Crippen molar-refractivity contribution in [1.82, 2.24) is 4.90 Å². The van der Waals surface area contributed by atoms with Crippen molar-refractivity contribution < 1.29 is 19.0 Å². The Morgan fingerprint density at radius 2 is 2.00 bits per heavy atom. The van der Waals surface area contributed by atoms with Gasteiger partial charge < -0.3 is 15.2 Å². The number of aryl methyl sites for hydroxylation is 3. The molecule has 2 N–H and O–H groups in total. The molecule has 5 nitrogen and oxygen atoms in total. The Hall–Kier alpha value is -2.44. The number of carbonyl (C=O) groups is 1. The van der Waals surface area contributed by atoms with E-state index in [0.717, 1.165) is 23.3 Å². The van der Waals surface area contributed by atoms with Crippen LogP contribution in [0.4, 0.5) is 10.1 Å². The third kappa shape index (κ3) is 5.78. The third-order valence-corrected chi connectivity index (χ3v) is 5.38. The number of nitrogens with one attached hydrogen (secondary N) is 1. The highest BCUT2D eigenvalue weighted by Crippen LogP contribution is 2.24. The molecule has 1 heterocycles. The topological polar surface area (TPSA) is 61.8 Å². The molecule has 0 aliphatic carbocycles. The molecular formula is C23H29FN2O3. The number of amides is 1. The molecule has 0 radical (unpaired) electrons. The van der Waals surface area contributed by atoms with Gasteiger partial charge in [-0.05, 0) is 81.1 Å². The predicted molar refractivity (Wildman–Crippen MR) is 112 cm³/mol. The predicted octanol–water partition coefficient (Wildman–Crippen LogP) is 3.60. The summed E-state index contributed by atoms with van der Waals surface area (Å²) >= 11 is 0. The number of ether oxygens (including phenoxy) is 1. The first-order chi connectivity index (χ1) is 13.7. The van der Waals surface area contributed by atoms with Gasteiger partial charge in [0, 0.05) is 6.54 Å². The van der Waals surface area contributed by atoms with Crippen molar-refractivity contribution in [1.29, 1.82) is 0 Å². The third-order valence-electron chi connectivity index (χ3n) is 5.38. The highest BCUT2D eigenvalue weighted by molar-refractivity contribution is 5.92. The van der Waals surface area contributed by atoms with Crippen molar-refractivity contribution >= 4 is 11.6 Å². The highest BCUT2D eigenvalue weighted by Gasteiger charge is 2.34. The standard InChI is InChI=1S/C23H29FN2O3/c1-16-5-8-20(24)21(11-16)25-22(27)13-26-10-4-9-23(28,14-26)15-29-19-7-6-17(2)18(3)12-19/h5-8,11-12,28H,4,9-10,13-15H2,1-3H3,(H,25,27). The second kappa shape index (κ2) is 8.93. The number of piperidine rings is 1. The summed E-state index contributed by atoms with van der Waals surface area (Å²) in [6.45, 7) is 7.21. The molecule has 1 amide bonds. The summed E-state index contributed by atoms with van der Waals surface area (Å²) in [5.41, 5.74) is 2.36. The maximum Gasteiger partial charge on any atom is 0.238 e. The molecular weight excluding hydrogens is 371 g/mol. The minimum Gasteiger partial charge on any atom is -0.491 e. The van der Waals surface area contributed by atoms with E-state index in [-0.39, 0.29) is 24.7 Å². The fourth-order valence-corrected chi connectivity index (χ4v) is 3.61. The molecule has 1 atom stereocenters. The van der Waals surface area contributed by atoms with E-state index in [0.29, 0.717) is 19.5 Å². The number of anilines is 1. The number of likely N-dealkylation sites (tertiary alicyclic amines) is 1. The molecule has 0 saturated carbocycles. The fraction of sp³-hybridized carbons (Fsp3) is 0.435. The van der Waals surface area contributed by atoms with Gasteiger partial charge in [-0.3, -0.25) is 9.69 Å². The number of rotatable bonds is 6. The van der Waals surface area contributed by atoms with Crippen molar-refractivity contribution in [2.24, 2.45) is 0 Å². The number of β-amino-alcohol motifs (C(OH)–C–C–N with tert-alkyl or cyclic N) is 1. The number of benzene rings is 2. The molecule has 1 aliphatic rings. The average molecular weight is 400 g/mol. The van der Waals surface area contributed by atoms with Crippen LogP contribution in [0.3, 0.4) is 0 Å². The Morgan fingerprint density at radius 1 is 1.21 bits per heavy atom. The summed E-state index contributed by atoms with van der Waals surface area (Å²) in [6, 6.07) is 10.5. The summed E-state index contributed by atoms with van der Waals surface area (Å²) in [7, 11) is 0. The number of hydrogen-bond donors (Lipinski definition) is 2. The second-order valence-electron chi connectivity index (χ2n) is 8.10. The molecule has 0 bridgehead atoms. The van der Waals surface area contributed by atoms with E-state index >= 15 is 0 Å². The maximum absolute atomic E-state index is 13.9. The molecule has 1 saturated heterocycles. The first kappa shape index (κ1) is 21.3. The van der Waals surface area contributed by atoms with Gasteiger partial charge in [0.15, 0.2) is 0 Å². The number of nitrogens with zero attached hydrogens (tertiary/aromatic N) is 1. The number of carbonyl (C=O) groups excluding carboxylic acids is 1. The van der Waals surface area contributed by atoms with Crippen LogP contribution in [0.5, 0.6) is 5.75 Å². The molecule has 1 unspecified atom stereocenters. The monoisotopic (exact) mass is 400 g/mol. The molecule has 3 rings (SSSR count). The van der Waals surface area contributed by atoms with Crippen LogP contribution in [0, 0.1) is 26.6 Å². The van der Waals surface area contributed by atoms with Gasteiger partial charge in [0.2, 0.25) is 5.91 Å². The molecule has 29 heavy (non-hydrogen) atoms. The summed E-state index contributed by atoms with van der Waals surface area (Å²) in [5.74, 6) is -0.0268. The van der Waals surface area contributed by atoms with Crippen molar-refractivity contribution in [3.63, 3.8) is 0 Å². The normalized spacial score (nSPS) is 19.8. The van der Waals surface area contributed by atoms with Crippen molar-refractivity contribution in [3.8, 4) is 5.75 Å². The largest absolute Gasteiger partial charge is 0.491 e. The molecule has 1 aliphatic heterocycles. The molecule has 2 aromatic rings. The minimum absolute atomic E-state index is 0.0966. The Balaban J connectivity index is 1.55. The average Bonchev–Trinajstić information content (AvgIpc) is 2.66. The lowest BCUT2D eigenvalue weighted by Gasteiger charge is -2.38. The van der Waals surface area contributed by atoms with Gasteiger partial charge in [-0.1, -0.05) is 12.1 Å². The number of halogens is 1. The SMILES string of the molecule is Cc1ccc(F)c(NC(=O)CN2CCCC(O)(COc3ccc(C)c(C)c3)C2)c1. The van der Waals surface area contributed by atoms with Gasteiger partial charge in [0.1, 0.15) is 23.8 Å². The van der Waals surface area contributed by atoms with Crippen molar-refractivity contribution in [2.75, 3.05) is 31.6 Å². The summed E-state index contributed by atoms with van der Waals surface area (Å²) < 4.78 is 19.7. The molecule has 2 aromatic carbocycles. The Kier molecular flexibility index (Phi) is 6.55. The van der Waals surface area contributed by atoms with Crippen LogP contribution in [-0.2, 0) is 4.79 Å². The quantitative estimate of drug-likeness (QED) is 0.778. The van der Waals surface area contributed by atoms with Crippen LogP contribution in [0.2, 0.25) is 0 Å². The van der Waals surface area contributed by atoms with Crippen LogP contribution >= 0.6 is 0 Å². The summed E-state index contributed by atoms with van der Waals surface area (Å²) in [5, 5.41) is 13.6. The van der Waals surface area contributed by atoms with Gasteiger partial charge in [0.25, 0.3) is 0 Å². The van der Waals surface area contributed by atoms with Crippen LogP contribution < -0.4 is 10.1 Å². The van der Waals surface area contributed by atoms with E-state index in [9.17, 15) is 14.3 Å². The maximum atomic E-state index is 13.9. The zero-order valence-corrected chi connectivity index (χ0v) is 17.3. The van der Waals surface area contributed by atoms with Crippen molar-refractivity contribution in [3.05, 3.63) is 58.9 Å².